The zero-order chi connectivity index (χ0) is 7.28. The first-order valence-electron chi connectivity index (χ1n) is 3.58. The fraction of sp³-hybridized carbons (Fsp3) is 0.857. The minimum Gasteiger partial charge on any atom is -0.307 e. The van der Waals surface area contributed by atoms with E-state index in [2.05, 4.69) is 17.5 Å². The molecule has 0 bridgehead atoms. The third kappa shape index (κ3) is 3.12. The monoisotopic (exact) mass is 128 g/mol. The number of hydrazone groups is 1. The first kappa shape index (κ1) is 8.47. The largest absolute Gasteiger partial charge is 0.307 e. The van der Waals surface area contributed by atoms with E-state index in [1.807, 2.05) is 20.8 Å². The van der Waals surface area contributed by atoms with Gasteiger partial charge in [-0.3, -0.25) is 0 Å². The van der Waals surface area contributed by atoms with Crippen molar-refractivity contribution in [2.45, 2.75) is 40.2 Å². The Kier molecular flexibility index (Phi) is 4.10. The molecule has 0 aliphatic carbocycles. The Balaban J connectivity index is 0.000000291. The number of nitrogens with one attached hydrogen (secondary N) is 1. The molecule has 1 aliphatic heterocycles. The highest BCUT2D eigenvalue weighted by atomic mass is 15.3. The molecule has 0 saturated carbocycles. The molecule has 1 unspecified atom stereocenters. The van der Waals surface area contributed by atoms with Crippen molar-refractivity contribution < 1.29 is 0 Å². The van der Waals surface area contributed by atoms with E-state index >= 15 is 0 Å². The van der Waals surface area contributed by atoms with Crippen LogP contribution in [0, 0.1) is 0 Å². The van der Waals surface area contributed by atoms with Gasteiger partial charge in [0, 0.05) is 18.2 Å². The lowest BCUT2D eigenvalue weighted by atomic mass is 10.2. The van der Waals surface area contributed by atoms with Crippen LogP contribution in [0.2, 0.25) is 0 Å². The molecule has 0 aromatic heterocycles. The standard InChI is InChI=1S/C5H10N2.C2H6/c1-4-3-5(2)7-6-4;1-2/h4,6H,3H2,1-2H3;1-2H3. The Hall–Kier alpha value is -0.530. The highest BCUT2D eigenvalue weighted by Gasteiger charge is 2.07. The Morgan fingerprint density at radius 2 is 2.11 bits per heavy atom. The Labute approximate surface area is 57.3 Å². The van der Waals surface area contributed by atoms with Crippen molar-refractivity contribution in [3.8, 4) is 0 Å². The molecule has 0 amide bonds. The average Bonchev–Trinajstić information content (AvgIpc) is 2.20. The number of hydrogen-bond donors (Lipinski definition) is 1. The van der Waals surface area contributed by atoms with Crippen molar-refractivity contribution in [3.63, 3.8) is 0 Å². The minimum absolute atomic E-state index is 0.569. The van der Waals surface area contributed by atoms with E-state index < -0.39 is 0 Å². The summed E-state index contributed by atoms with van der Waals surface area (Å²) in [7, 11) is 0. The van der Waals surface area contributed by atoms with Crippen molar-refractivity contribution in [1.29, 1.82) is 0 Å². The molecule has 0 aromatic carbocycles. The summed E-state index contributed by atoms with van der Waals surface area (Å²) in [5, 5.41) is 3.98. The van der Waals surface area contributed by atoms with Crippen LogP contribution in [0.1, 0.15) is 34.1 Å². The predicted molar refractivity (Wildman–Crippen MR) is 41.7 cm³/mol. The van der Waals surface area contributed by atoms with E-state index in [4.69, 9.17) is 0 Å². The highest BCUT2D eigenvalue weighted by molar-refractivity contribution is 5.83. The number of hydrogen-bond acceptors (Lipinski definition) is 2. The third-order valence-electron chi connectivity index (χ3n) is 1.08. The van der Waals surface area contributed by atoms with E-state index in [1.54, 1.807) is 0 Å². The van der Waals surface area contributed by atoms with Crippen LogP contribution in [0.5, 0.6) is 0 Å². The lowest BCUT2D eigenvalue weighted by Crippen LogP contribution is -2.13. The quantitative estimate of drug-likeness (QED) is 0.528. The van der Waals surface area contributed by atoms with Crippen LogP contribution in [0.4, 0.5) is 0 Å². The summed E-state index contributed by atoms with van der Waals surface area (Å²) in [6, 6.07) is 0.569. The second-order valence-corrected chi connectivity index (χ2v) is 2.08. The first-order valence-corrected chi connectivity index (χ1v) is 3.58. The van der Waals surface area contributed by atoms with Crippen LogP contribution in [0.25, 0.3) is 0 Å². The summed E-state index contributed by atoms with van der Waals surface area (Å²) in [5.41, 5.74) is 4.17. The van der Waals surface area contributed by atoms with Gasteiger partial charge in [-0.1, -0.05) is 13.8 Å². The van der Waals surface area contributed by atoms with Gasteiger partial charge in [0.05, 0.1) is 0 Å². The number of nitrogens with zero attached hydrogens (tertiary/aromatic N) is 1. The smallest absolute Gasteiger partial charge is 0.0464 e. The maximum absolute atomic E-state index is 3.98. The van der Waals surface area contributed by atoms with Gasteiger partial charge in [-0.15, -0.1) is 0 Å². The molecule has 1 atom stereocenters. The molecular weight excluding hydrogens is 112 g/mol. The van der Waals surface area contributed by atoms with Crippen molar-refractivity contribution >= 4 is 5.71 Å². The Morgan fingerprint density at radius 1 is 1.56 bits per heavy atom. The normalized spacial score (nSPS) is 23.6. The summed E-state index contributed by atoms with van der Waals surface area (Å²) >= 11 is 0. The van der Waals surface area contributed by atoms with Gasteiger partial charge in [0.25, 0.3) is 0 Å². The summed E-state index contributed by atoms with van der Waals surface area (Å²) in [6.45, 7) is 8.16. The SMILES string of the molecule is CC.CC1=NNC(C)C1. The average molecular weight is 128 g/mol. The second-order valence-electron chi connectivity index (χ2n) is 2.08. The molecule has 0 spiro atoms. The molecule has 1 rings (SSSR count). The van der Waals surface area contributed by atoms with Gasteiger partial charge in [0.15, 0.2) is 0 Å². The maximum atomic E-state index is 3.98. The lowest BCUT2D eigenvalue weighted by molar-refractivity contribution is 0.636. The summed E-state index contributed by atoms with van der Waals surface area (Å²) in [4.78, 5) is 0. The molecular formula is C7H16N2. The van der Waals surface area contributed by atoms with Gasteiger partial charge in [-0.25, -0.2) is 0 Å². The fourth-order valence-corrected chi connectivity index (χ4v) is 0.755. The van der Waals surface area contributed by atoms with E-state index in [0.29, 0.717) is 6.04 Å². The van der Waals surface area contributed by atoms with Crippen LogP contribution >= 0.6 is 0 Å². The van der Waals surface area contributed by atoms with Crippen LogP contribution < -0.4 is 5.43 Å². The molecule has 1 aliphatic rings. The molecule has 1 N–H and O–H groups in total. The van der Waals surface area contributed by atoms with E-state index in [9.17, 15) is 0 Å². The molecule has 9 heavy (non-hydrogen) atoms. The molecule has 2 heteroatoms. The summed E-state index contributed by atoms with van der Waals surface area (Å²) < 4.78 is 0. The highest BCUT2D eigenvalue weighted by Crippen LogP contribution is 1.99. The van der Waals surface area contributed by atoms with E-state index in [-0.39, 0.29) is 0 Å². The molecule has 0 aromatic rings. The van der Waals surface area contributed by atoms with Gasteiger partial charge in [-0.2, -0.15) is 5.10 Å². The Morgan fingerprint density at radius 3 is 2.22 bits per heavy atom. The van der Waals surface area contributed by atoms with Gasteiger partial charge in [0.2, 0.25) is 0 Å². The molecule has 1 heterocycles. The third-order valence-corrected chi connectivity index (χ3v) is 1.08. The topological polar surface area (TPSA) is 24.4 Å². The van der Waals surface area contributed by atoms with Crippen molar-refractivity contribution in [2.24, 2.45) is 5.10 Å². The van der Waals surface area contributed by atoms with Gasteiger partial charge >= 0.3 is 0 Å². The van der Waals surface area contributed by atoms with E-state index in [0.717, 1.165) is 6.42 Å². The lowest BCUT2D eigenvalue weighted by Gasteiger charge is -1.95. The maximum Gasteiger partial charge on any atom is 0.0464 e. The van der Waals surface area contributed by atoms with Crippen molar-refractivity contribution in [2.75, 3.05) is 0 Å². The van der Waals surface area contributed by atoms with Crippen LogP contribution in [-0.2, 0) is 0 Å². The predicted octanol–water partition coefficient (Wildman–Crippen LogP) is 1.77. The van der Waals surface area contributed by atoms with Crippen LogP contribution in [0.3, 0.4) is 0 Å². The molecule has 54 valence electrons. The fourth-order valence-electron chi connectivity index (χ4n) is 0.755. The van der Waals surface area contributed by atoms with Crippen molar-refractivity contribution in [3.05, 3.63) is 0 Å². The van der Waals surface area contributed by atoms with Gasteiger partial charge in [0.1, 0.15) is 0 Å². The van der Waals surface area contributed by atoms with Crippen LogP contribution in [0.15, 0.2) is 5.10 Å². The van der Waals surface area contributed by atoms with Gasteiger partial charge < -0.3 is 5.43 Å². The van der Waals surface area contributed by atoms with E-state index in [1.165, 1.54) is 5.71 Å². The summed E-state index contributed by atoms with van der Waals surface area (Å²) in [5.74, 6) is 0. The molecule has 0 fully saturated rings. The summed E-state index contributed by atoms with van der Waals surface area (Å²) in [6.07, 6.45) is 1.11. The Bertz CT molecular complexity index is 97.1. The van der Waals surface area contributed by atoms with Crippen LogP contribution in [-0.4, -0.2) is 11.8 Å². The zero-order valence-electron chi connectivity index (χ0n) is 6.73. The zero-order valence-corrected chi connectivity index (χ0v) is 6.73. The number of rotatable bonds is 0. The molecule has 2 nitrogen and oxygen atoms in total. The first-order chi connectivity index (χ1) is 4.29. The molecule has 0 radical (unpaired) electrons. The van der Waals surface area contributed by atoms with Crippen molar-refractivity contribution in [1.82, 2.24) is 5.43 Å². The molecule has 0 saturated heterocycles. The van der Waals surface area contributed by atoms with Gasteiger partial charge in [-0.05, 0) is 13.8 Å². The minimum atomic E-state index is 0.569. The second kappa shape index (κ2) is 4.36.